The first kappa shape index (κ1) is 17.5. The van der Waals surface area contributed by atoms with Crippen LogP contribution >= 0.6 is 0 Å². The van der Waals surface area contributed by atoms with E-state index in [0.717, 1.165) is 36.8 Å². The van der Waals surface area contributed by atoms with E-state index in [0.29, 0.717) is 6.54 Å². The lowest BCUT2D eigenvalue weighted by molar-refractivity contribution is -0.0604. The highest BCUT2D eigenvalue weighted by Gasteiger charge is 2.28. The van der Waals surface area contributed by atoms with Crippen LogP contribution in [0.2, 0.25) is 0 Å². The topological polar surface area (TPSA) is 50.0 Å². The number of nitrogens with zero attached hydrogens (tertiary/aromatic N) is 2. The first-order valence-electron chi connectivity index (χ1n) is 8.54. The maximum absolute atomic E-state index is 13.2. The van der Waals surface area contributed by atoms with Gasteiger partial charge in [0.15, 0.2) is 5.96 Å². The molecular formula is C19H24FN3O2. The molecule has 0 amide bonds. The average molecular weight is 345 g/mol. The fourth-order valence-corrected chi connectivity index (χ4v) is 3.07. The number of rotatable bonds is 4. The molecule has 3 rings (SSSR count). The Labute approximate surface area is 147 Å². The number of hydrogen-bond donors (Lipinski definition) is 1. The molecule has 0 spiro atoms. The van der Waals surface area contributed by atoms with Gasteiger partial charge in [0.1, 0.15) is 17.7 Å². The van der Waals surface area contributed by atoms with Crippen LogP contribution in [0.5, 0.6) is 0 Å². The Morgan fingerprint density at radius 1 is 1.28 bits per heavy atom. The van der Waals surface area contributed by atoms with Crippen LogP contribution in [0, 0.1) is 5.82 Å². The summed E-state index contributed by atoms with van der Waals surface area (Å²) in [5.41, 5.74) is 0.976. The van der Waals surface area contributed by atoms with E-state index in [2.05, 4.69) is 15.2 Å². The maximum atomic E-state index is 13.2. The Hall–Kier alpha value is -2.34. The SMILES string of the molecule is CN=C(NCCc1ccco1)N1CC(C)OC(c2ccc(F)cc2)C1. The maximum Gasteiger partial charge on any atom is 0.193 e. The van der Waals surface area contributed by atoms with Crippen LogP contribution < -0.4 is 5.32 Å². The van der Waals surface area contributed by atoms with Gasteiger partial charge in [0.25, 0.3) is 0 Å². The fourth-order valence-electron chi connectivity index (χ4n) is 3.07. The minimum Gasteiger partial charge on any atom is -0.469 e. The number of furan rings is 1. The zero-order valence-corrected chi connectivity index (χ0v) is 14.6. The Bertz CT molecular complexity index is 685. The first-order valence-corrected chi connectivity index (χ1v) is 8.54. The third-order valence-electron chi connectivity index (χ3n) is 4.25. The zero-order chi connectivity index (χ0) is 17.6. The molecule has 0 aliphatic carbocycles. The van der Waals surface area contributed by atoms with E-state index in [9.17, 15) is 4.39 Å². The number of ether oxygens (including phenoxy) is 1. The molecule has 1 fully saturated rings. The molecule has 2 unspecified atom stereocenters. The summed E-state index contributed by atoms with van der Waals surface area (Å²) in [6.45, 7) is 4.22. The molecule has 25 heavy (non-hydrogen) atoms. The summed E-state index contributed by atoms with van der Waals surface area (Å²) in [6.07, 6.45) is 2.44. The number of halogens is 1. The first-order chi connectivity index (χ1) is 12.2. The van der Waals surface area contributed by atoms with Crippen molar-refractivity contribution in [1.82, 2.24) is 10.2 Å². The van der Waals surface area contributed by atoms with Crippen molar-refractivity contribution in [2.24, 2.45) is 4.99 Å². The van der Waals surface area contributed by atoms with Gasteiger partial charge in [-0.1, -0.05) is 12.1 Å². The Morgan fingerprint density at radius 3 is 2.76 bits per heavy atom. The second-order valence-electron chi connectivity index (χ2n) is 6.20. The van der Waals surface area contributed by atoms with Gasteiger partial charge in [-0.3, -0.25) is 4.99 Å². The van der Waals surface area contributed by atoms with Gasteiger partial charge in [-0.25, -0.2) is 4.39 Å². The number of guanidine groups is 1. The van der Waals surface area contributed by atoms with Crippen molar-refractivity contribution < 1.29 is 13.5 Å². The minimum atomic E-state index is -0.236. The van der Waals surface area contributed by atoms with E-state index >= 15 is 0 Å². The van der Waals surface area contributed by atoms with Crippen molar-refractivity contribution in [3.05, 3.63) is 59.8 Å². The second-order valence-corrected chi connectivity index (χ2v) is 6.20. The van der Waals surface area contributed by atoms with E-state index in [1.807, 2.05) is 19.1 Å². The summed E-state index contributed by atoms with van der Waals surface area (Å²) >= 11 is 0. The largest absolute Gasteiger partial charge is 0.469 e. The van der Waals surface area contributed by atoms with E-state index in [4.69, 9.17) is 9.15 Å². The van der Waals surface area contributed by atoms with Gasteiger partial charge in [0.2, 0.25) is 0 Å². The van der Waals surface area contributed by atoms with Crippen LogP contribution in [0.25, 0.3) is 0 Å². The number of hydrogen-bond acceptors (Lipinski definition) is 3. The van der Waals surface area contributed by atoms with Crippen molar-refractivity contribution in [3.8, 4) is 0 Å². The molecule has 1 aliphatic heterocycles. The molecule has 1 aromatic heterocycles. The van der Waals surface area contributed by atoms with Crippen molar-refractivity contribution >= 4 is 5.96 Å². The molecule has 2 atom stereocenters. The normalized spacial score (nSPS) is 21.4. The van der Waals surface area contributed by atoms with Gasteiger partial charge in [-0.15, -0.1) is 0 Å². The molecule has 1 saturated heterocycles. The van der Waals surface area contributed by atoms with Crippen molar-refractivity contribution in [2.45, 2.75) is 25.6 Å². The molecule has 1 aromatic carbocycles. The highest BCUT2D eigenvalue weighted by Crippen LogP contribution is 2.25. The summed E-state index contributed by atoms with van der Waals surface area (Å²) in [7, 11) is 1.78. The molecule has 6 heteroatoms. The van der Waals surface area contributed by atoms with Gasteiger partial charge in [-0.05, 0) is 36.8 Å². The lowest BCUT2D eigenvalue weighted by atomic mass is 10.1. The third-order valence-corrected chi connectivity index (χ3v) is 4.25. The third kappa shape index (κ3) is 4.60. The minimum absolute atomic E-state index is 0.0624. The quantitative estimate of drug-likeness (QED) is 0.684. The second kappa shape index (κ2) is 8.16. The molecule has 5 nitrogen and oxygen atoms in total. The molecule has 0 bridgehead atoms. The summed E-state index contributed by atoms with van der Waals surface area (Å²) < 4.78 is 24.5. The highest BCUT2D eigenvalue weighted by atomic mass is 19.1. The lowest BCUT2D eigenvalue weighted by Crippen LogP contribution is -2.51. The summed E-state index contributed by atoms with van der Waals surface area (Å²) in [5.74, 6) is 1.55. The molecule has 1 N–H and O–H groups in total. The smallest absolute Gasteiger partial charge is 0.193 e. The van der Waals surface area contributed by atoms with E-state index in [1.165, 1.54) is 12.1 Å². The fraction of sp³-hybridized carbons (Fsp3) is 0.421. The zero-order valence-electron chi connectivity index (χ0n) is 14.6. The predicted molar refractivity (Wildman–Crippen MR) is 95.0 cm³/mol. The average Bonchev–Trinajstić information content (AvgIpc) is 3.12. The van der Waals surface area contributed by atoms with E-state index in [-0.39, 0.29) is 18.0 Å². The number of morpholine rings is 1. The van der Waals surface area contributed by atoms with Crippen molar-refractivity contribution in [3.63, 3.8) is 0 Å². The molecule has 1 aliphatic rings. The van der Waals surface area contributed by atoms with Gasteiger partial charge in [0, 0.05) is 26.6 Å². The number of benzene rings is 1. The molecule has 0 saturated carbocycles. The van der Waals surface area contributed by atoms with Crippen LogP contribution in [0.3, 0.4) is 0 Å². The monoisotopic (exact) mass is 345 g/mol. The standard InChI is InChI=1S/C19H24FN3O2/c1-14-12-23(13-18(25-14)15-5-7-16(20)8-6-15)19(21-2)22-10-9-17-4-3-11-24-17/h3-8,11,14,18H,9-10,12-13H2,1-2H3,(H,21,22). The Morgan fingerprint density at radius 2 is 2.08 bits per heavy atom. The van der Waals surface area contributed by atoms with Crippen molar-refractivity contribution in [2.75, 3.05) is 26.7 Å². The molecule has 2 aromatic rings. The molecule has 2 heterocycles. The number of aliphatic imine (C=N–C) groups is 1. The molecule has 0 radical (unpaired) electrons. The number of nitrogens with one attached hydrogen (secondary N) is 1. The Kier molecular flexibility index (Phi) is 5.71. The molecular weight excluding hydrogens is 321 g/mol. The predicted octanol–water partition coefficient (Wildman–Crippen LogP) is 3.00. The summed E-state index contributed by atoms with van der Waals surface area (Å²) in [5, 5.41) is 3.38. The Balaban J connectivity index is 1.61. The van der Waals surface area contributed by atoms with Crippen LogP contribution in [-0.4, -0.2) is 43.6 Å². The van der Waals surface area contributed by atoms with Crippen LogP contribution in [0.4, 0.5) is 4.39 Å². The van der Waals surface area contributed by atoms with Crippen LogP contribution in [0.15, 0.2) is 52.1 Å². The van der Waals surface area contributed by atoms with Crippen LogP contribution in [0.1, 0.15) is 24.4 Å². The van der Waals surface area contributed by atoms with Gasteiger partial charge in [-0.2, -0.15) is 0 Å². The summed E-state index contributed by atoms with van der Waals surface area (Å²) in [4.78, 5) is 6.58. The van der Waals surface area contributed by atoms with Crippen molar-refractivity contribution in [1.29, 1.82) is 0 Å². The van der Waals surface area contributed by atoms with Crippen LogP contribution in [-0.2, 0) is 11.2 Å². The molecule has 134 valence electrons. The van der Waals surface area contributed by atoms with E-state index in [1.54, 1.807) is 25.4 Å². The van der Waals surface area contributed by atoms with Gasteiger partial charge >= 0.3 is 0 Å². The lowest BCUT2D eigenvalue weighted by Gasteiger charge is -2.38. The van der Waals surface area contributed by atoms with Gasteiger partial charge < -0.3 is 19.4 Å². The summed E-state index contributed by atoms with van der Waals surface area (Å²) in [6, 6.07) is 10.4. The van der Waals surface area contributed by atoms with Gasteiger partial charge in [0.05, 0.1) is 18.9 Å². The van der Waals surface area contributed by atoms with E-state index < -0.39 is 0 Å². The highest BCUT2D eigenvalue weighted by molar-refractivity contribution is 5.80.